The molecule has 0 saturated heterocycles. The van der Waals surface area contributed by atoms with Crippen LogP contribution in [-0.2, 0) is 4.79 Å². The van der Waals surface area contributed by atoms with Crippen molar-refractivity contribution in [1.82, 2.24) is 0 Å². The lowest BCUT2D eigenvalue weighted by Crippen LogP contribution is -2.28. The number of carbonyl (C=O) groups excluding carboxylic acids is 1. The van der Waals surface area contributed by atoms with Crippen LogP contribution >= 0.6 is 11.6 Å². The molecule has 94 valence electrons. The molecule has 0 aromatic heterocycles. The summed E-state index contributed by atoms with van der Waals surface area (Å²) < 4.78 is 0. The molecule has 0 spiro atoms. The number of halogens is 1. The largest absolute Gasteiger partial charge is 0.325 e. The number of nitrogens with one attached hydrogen (secondary N) is 1. The van der Waals surface area contributed by atoms with Crippen molar-refractivity contribution in [3.63, 3.8) is 0 Å². The Bertz CT molecular complexity index is 512. The first-order valence-electron chi connectivity index (χ1n) is 6.00. The smallest absolute Gasteiger partial charge is 0.227 e. The van der Waals surface area contributed by atoms with E-state index in [1.165, 1.54) is 0 Å². The molecule has 3 nitrogen and oxygen atoms in total. The predicted molar refractivity (Wildman–Crippen MR) is 73.4 cm³/mol. The Morgan fingerprint density at radius 1 is 1.50 bits per heavy atom. The molecule has 0 bridgehead atoms. The van der Waals surface area contributed by atoms with Gasteiger partial charge in [0.25, 0.3) is 0 Å². The van der Waals surface area contributed by atoms with Crippen LogP contribution in [0, 0.1) is 17.8 Å². The predicted octanol–water partition coefficient (Wildman–Crippen LogP) is 2.39. The molecule has 0 aliphatic heterocycles. The zero-order valence-corrected chi connectivity index (χ0v) is 10.8. The molecule has 18 heavy (non-hydrogen) atoms. The van der Waals surface area contributed by atoms with Crippen LogP contribution in [0.3, 0.4) is 0 Å². The van der Waals surface area contributed by atoms with E-state index in [1.54, 1.807) is 18.2 Å². The monoisotopic (exact) mass is 262 g/mol. The lowest BCUT2D eigenvalue weighted by Gasteiger charge is -2.24. The number of hydrogen-bond acceptors (Lipinski definition) is 2. The highest BCUT2D eigenvalue weighted by Crippen LogP contribution is 2.28. The summed E-state index contributed by atoms with van der Waals surface area (Å²) >= 11 is 5.92. The van der Waals surface area contributed by atoms with Crippen molar-refractivity contribution in [1.29, 1.82) is 0 Å². The van der Waals surface area contributed by atoms with E-state index in [2.05, 4.69) is 17.2 Å². The minimum atomic E-state index is 0.0689. The van der Waals surface area contributed by atoms with Crippen LogP contribution < -0.4 is 11.1 Å². The van der Waals surface area contributed by atoms with Crippen molar-refractivity contribution < 1.29 is 4.79 Å². The van der Waals surface area contributed by atoms with Crippen molar-refractivity contribution in [3.8, 4) is 11.8 Å². The third-order valence-electron chi connectivity index (χ3n) is 3.04. The molecule has 1 aliphatic rings. The van der Waals surface area contributed by atoms with Crippen molar-refractivity contribution in [2.24, 2.45) is 11.7 Å². The highest BCUT2D eigenvalue weighted by molar-refractivity contribution is 6.30. The first kappa shape index (κ1) is 12.9. The molecule has 1 aromatic rings. The minimum absolute atomic E-state index is 0.0689. The van der Waals surface area contributed by atoms with Gasteiger partial charge in [-0.05, 0) is 31.0 Å². The van der Waals surface area contributed by atoms with Gasteiger partial charge in [-0.3, -0.25) is 4.79 Å². The Hall–Kier alpha value is -1.50. The highest BCUT2D eigenvalue weighted by atomic mass is 35.5. The van der Waals surface area contributed by atoms with Gasteiger partial charge in [0.15, 0.2) is 0 Å². The molecule has 3 N–H and O–H groups in total. The van der Waals surface area contributed by atoms with Crippen LogP contribution in [0.2, 0.25) is 5.02 Å². The fourth-order valence-electron chi connectivity index (χ4n) is 1.78. The molecular formula is C14H15ClN2O. The van der Waals surface area contributed by atoms with E-state index in [4.69, 9.17) is 17.3 Å². The lowest BCUT2D eigenvalue weighted by molar-refractivity contribution is -0.122. The van der Waals surface area contributed by atoms with Gasteiger partial charge in [0.05, 0.1) is 12.2 Å². The number of benzene rings is 1. The number of anilines is 1. The Kier molecular flexibility index (Phi) is 4.24. The number of hydrogen-bond donors (Lipinski definition) is 2. The highest BCUT2D eigenvalue weighted by Gasteiger charge is 2.25. The van der Waals surface area contributed by atoms with Gasteiger partial charge in [-0.2, -0.15) is 0 Å². The first-order chi connectivity index (χ1) is 8.70. The lowest BCUT2D eigenvalue weighted by atomic mass is 9.85. The van der Waals surface area contributed by atoms with Gasteiger partial charge in [0, 0.05) is 16.5 Å². The minimum Gasteiger partial charge on any atom is -0.325 e. The molecule has 1 saturated carbocycles. The quantitative estimate of drug-likeness (QED) is 0.804. The molecule has 0 atom stereocenters. The van der Waals surface area contributed by atoms with E-state index < -0.39 is 0 Å². The Balaban J connectivity index is 2.17. The van der Waals surface area contributed by atoms with Crippen LogP contribution in [-0.4, -0.2) is 12.5 Å². The third kappa shape index (κ3) is 3.04. The molecular weight excluding hydrogens is 248 g/mol. The summed E-state index contributed by atoms with van der Waals surface area (Å²) in [5.74, 6) is 5.91. The van der Waals surface area contributed by atoms with Gasteiger partial charge in [0.1, 0.15) is 0 Å². The average Bonchev–Trinajstić information content (AvgIpc) is 2.27. The molecule has 0 unspecified atom stereocenters. The Morgan fingerprint density at radius 2 is 2.28 bits per heavy atom. The zero-order chi connectivity index (χ0) is 13.0. The second-order valence-electron chi connectivity index (χ2n) is 4.31. The van der Waals surface area contributed by atoms with E-state index in [0.29, 0.717) is 16.3 Å². The molecule has 0 radical (unpaired) electrons. The van der Waals surface area contributed by atoms with Crippen LogP contribution in [0.25, 0.3) is 0 Å². The second-order valence-corrected chi connectivity index (χ2v) is 4.75. The van der Waals surface area contributed by atoms with E-state index in [9.17, 15) is 4.79 Å². The van der Waals surface area contributed by atoms with E-state index >= 15 is 0 Å². The van der Waals surface area contributed by atoms with E-state index in [-0.39, 0.29) is 18.4 Å². The summed E-state index contributed by atoms with van der Waals surface area (Å²) in [6.45, 7) is 0.280. The summed E-state index contributed by atoms with van der Waals surface area (Å²) in [6, 6.07) is 5.26. The van der Waals surface area contributed by atoms with Gasteiger partial charge in [-0.1, -0.05) is 29.9 Å². The fourth-order valence-corrected chi connectivity index (χ4v) is 1.95. The normalized spacial score (nSPS) is 14.3. The molecule has 1 amide bonds. The standard InChI is InChI=1S/C14H15ClN2O/c15-12-6-7-13(11(9-12)5-2-8-16)17-14(18)10-3-1-4-10/h6-7,9-10H,1,3-4,8,16H2,(H,17,18). The number of amides is 1. The maximum absolute atomic E-state index is 11.9. The summed E-state index contributed by atoms with van der Waals surface area (Å²) in [5, 5.41) is 3.50. The first-order valence-corrected chi connectivity index (χ1v) is 6.38. The average molecular weight is 263 g/mol. The molecule has 1 aromatic carbocycles. The van der Waals surface area contributed by atoms with Crippen molar-refractivity contribution in [2.75, 3.05) is 11.9 Å². The zero-order valence-electron chi connectivity index (χ0n) is 10.0. The molecule has 1 fully saturated rings. The number of carbonyl (C=O) groups is 1. The maximum Gasteiger partial charge on any atom is 0.227 e. The Labute approximate surface area is 112 Å². The second kappa shape index (κ2) is 5.90. The maximum atomic E-state index is 11.9. The number of nitrogens with two attached hydrogens (primary N) is 1. The Morgan fingerprint density at radius 3 is 2.89 bits per heavy atom. The molecule has 4 heteroatoms. The fraction of sp³-hybridized carbons (Fsp3) is 0.357. The topological polar surface area (TPSA) is 55.1 Å². The van der Waals surface area contributed by atoms with Gasteiger partial charge < -0.3 is 11.1 Å². The molecule has 0 heterocycles. The number of rotatable bonds is 2. The van der Waals surface area contributed by atoms with E-state index in [0.717, 1.165) is 19.3 Å². The molecule has 1 aliphatic carbocycles. The van der Waals surface area contributed by atoms with Gasteiger partial charge in [0.2, 0.25) is 5.91 Å². The van der Waals surface area contributed by atoms with Crippen molar-refractivity contribution in [2.45, 2.75) is 19.3 Å². The molecule has 2 rings (SSSR count). The van der Waals surface area contributed by atoms with E-state index in [1.807, 2.05) is 0 Å². The summed E-state index contributed by atoms with van der Waals surface area (Å²) in [7, 11) is 0. The van der Waals surface area contributed by atoms with Gasteiger partial charge in [-0.15, -0.1) is 0 Å². The summed E-state index contributed by atoms with van der Waals surface area (Å²) in [4.78, 5) is 11.9. The van der Waals surface area contributed by atoms with Crippen LogP contribution in [0.4, 0.5) is 5.69 Å². The van der Waals surface area contributed by atoms with Gasteiger partial charge >= 0.3 is 0 Å². The van der Waals surface area contributed by atoms with Crippen LogP contribution in [0.15, 0.2) is 18.2 Å². The van der Waals surface area contributed by atoms with Crippen LogP contribution in [0.1, 0.15) is 24.8 Å². The van der Waals surface area contributed by atoms with Crippen molar-refractivity contribution >= 4 is 23.2 Å². The SMILES string of the molecule is NCC#Cc1cc(Cl)ccc1NC(=O)C1CCC1. The summed E-state index contributed by atoms with van der Waals surface area (Å²) in [6.07, 6.45) is 3.09. The summed E-state index contributed by atoms with van der Waals surface area (Å²) in [5.41, 5.74) is 6.77. The third-order valence-corrected chi connectivity index (χ3v) is 3.28. The van der Waals surface area contributed by atoms with Gasteiger partial charge in [-0.25, -0.2) is 0 Å². The van der Waals surface area contributed by atoms with Crippen LogP contribution in [0.5, 0.6) is 0 Å². The van der Waals surface area contributed by atoms with Crippen molar-refractivity contribution in [3.05, 3.63) is 28.8 Å².